The first-order valence-electron chi connectivity index (χ1n) is 8.11. The summed E-state index contributed by atoms with van der Waals surface area (Å²) in [5.41, 5.74) is 1.75. The van der Waals surface area contributed by atoms with Crippen molar-refractivity contribution >= 4 is 28.8 Å². The molecule has 0 atom stereocenters. The maximum Gasteiger partial charge on any atom is 0.275 e. The van der Waals surface area contributed by atoms with E-state index in [0.29, 0.717) is 17.1 Å². The molecule has 0 radical (unpaired) electrons. The van der Waals surface area contributed by atoms with Crippen LogP contribution in [0.1, 0.15) is 10.5 Å². The van der Waals surface area contributed by atoms with Crippen molar-refractivity contribution in [2.45, 2.75) is 0 Å². The van der Waals surface area contributed by atoms with E-state index in [4.69, 9.17) is 4.74 Å². The van der Waals surface area contributed by atoms with Gasteiger partial charge in [-0.15, -0.1) is 11.3 Å². The lowest BCUT2D eigenvalue weighted by molar-refractivity contribution is -0.130. The molecule has 0 unspecified atom stereocenters. The number of benzene rings is 1. The van der Waals surface area contributed by atoms with Crippen LogP contribution >= 0.6 is 11.3 Å². The van der Waals surface area contributed by atoms with E-state index >= 15 is 0 Å². The normalized spacial score (nSPS) is 10.5. The molecule has 140 valence electrons. The van der Waals surface area contributed by atoms with Crippen molar-refractivity contribution in [1.82, 2.24) is 19.7 Å². The minimum absolute atomic E-state index is 0.0645. The summed E-state index contributed by atoms with van der Waals surface area (Å²) in [6.07, 6.45) is 3.55. The predicted molar refractivity (Wildman–Crippen MR) is 103 cm³/mol. The Morgan fingerprint density at radius 3 is 2.85 bits per heavy atom. The van der Waals surface area contributed by atoms with Gasteiger partial charge in [0.15, 0.2) is 6.61 Å². The van der Waals surface area contributed by atoms with Crippen LogP contribution in [0.5, 0.6) is 5.75 Å². The van der Waals surface area contributed by atoms with Crippen molar-refractivity contribution in [3.05, 3.63) is 47.7 Å². The molecule has 3 aromatic rings. The summed E-state index contributed by atoms with van der Waals surface area (Å²) in [6, 6.07) is 6.87. The highest BCUT2D eigenvalue weighted by Crippen LogP contribution is 2.24. The molecule has 0 aliphatic rings. The molecule has 0 fully saturated rings. The second-order valence-corrected chi connectivity index (χ2v) is 6.86. The van der Waals surface area contributed by atoms with Gasteiger partial charge in [-0.05, 0) is 12.1 Å². The molecule has 2 aromatic heterocycles. The van der Waals surface area contributed by atoms with Gasteiger partial charge in [0, 0.05) is 50.0 Å². The summed E-state index contributed by atoms with van der Waals surface area (Å²) in [6.45, 7) is -0.0645. The Kier molecular flexibility index (Phi) is 5.51. The van der Waals surface area contributed by atoms with Crippen LogP contribution in [0.15, 0.2) is 42.0 Å². The van der Waals surface area contributed by atoms with E-state index in [1.807, 2.05) is 13.2 Å². The van der Waals surface area contributed by atoms with E-state index in [2.05, 4.69) is 15.4 Å². The first-order chi connectivity index (χ1) is 12.9. The minimum atomic E-state index is -0.317. The summed E-state index contributed by atoms with van der Waals surface area (Å²) < 4.78 is 7.14. The number of amides is 2. The molecule has 2 amide bonds. The van der Waals surface area contributed by atoms with Crippen LogP contribution < -0.4 is 10.1 Å². The molecule has 2 heterocycles. The van der Waals surface area contributed by atoms with Crippen LogP contribution in [-0.2, 0) is 11.8 Å². The number of carbonyl (C=O) groups is 2. The van der Waals surface area contributed by atoms with E-state index in [-0.39, 0.29) is 18.4 Å². The Bertz CT molecular complexity index is 963. The number of rotatable bonds is 6. The van der Waals surface area contributed by atoms with Crippen LogP contribution in [0.4, 0.5) is 5.69 Å². The number of hydrogen-bond acceptors (Lipinski definition) is 6. The van der Waals surface area contributed by atoms with Gasteiger partial charge in [0.1, 0.15) is 16.5 Å². The second kappa shape index (κ2) is 8.00. The molecular formula is C18H19N5O3S. The summed E-state index contributed by atoms with van der Waals surface area (Å²) in [7, 11) is 5.15. The molecule has 9 heteroatoms. The molecule has 1 N–H and O–H groups in total. The highest BCUT2D eigenvalue weighted by atomic mass is 32.1. The number of aromatic nitrogens is 3. The van der Waals surface area contributed by atoms with Gasteiger partial charge >= 0.3 is 0 Å². The van der Waals surface area contributed by atoms with Crippen molar-refractivity contribution < 1.29 is 14.3 Å². The fourth-order valence-electron chi connectivity index (χ4n) is 2.18. The molecule has 27 heavy (non-hydrogen) atoms. The van der Waals surface area contributed by atoms with Gasteiger partial charge in [0.2, 0.25) is 0 Å². The number of nitrogens with zero attached hydrogens (tertiary/aromatic N) is 4. The maximum atomic E-state index is 12.4. The quantitative estimate of drug-likeness (QED) is 0.703. The smallest absolute Gasteiger partial charge is 0.275 e. The third-order valence-electron chi connectivity index (χ3n) is 3.64. The Morgan fingerprint density at radius 1 is 1.33 bits per heavy atom. The van der Waals surface area contributed by atoms with E-state index in [1.165, 1.54) is 16.2 Å². The lowest BCUT2D eigenvalue weighted by Gasteiger charge is -2.12. The number of hydrogen-bond donors (Lipinski definition) is 1. The lowest BCUT2D eigenvalue weighted by Crippen LogP contribution is -2.27. The van der Waals surface area contributed by atoms with Crippen LogP contribution in [0.25, 0.3) is 10.6 Å². The predicted octanol–water partition coefficient (Wildman–Crippen LogP) is 2.26. The molecule has 3 rings (SSSR count). The molecular weight excluding hydrogens is 366 g/mol. The Hall–Kier alpha value is -3.20. The summed E-state index contributed by atoms with van der Waals surface area (Å²) in [5, 5.41) is 9.33. The Balaban J connectivity index is 1.65. The van der Waals surface area contributed by atoms with Crippen molar-refractivity contribution in [1.29, 1.82) is 0 Å². The van der Waals surface area contributed by atoms with Gasteiger partial charge in [-0.1, -0.05) is 6.07 Å². The average molecular weight is 385 g/mol. The highest BCUT2D eigenvalue weighted by Gasteiger charge is 2.13. The first kappa shape index (κ1) is 18.6. The molecule has 0 saturated heterocycles. The molecule has 8 nitrogen and oxygen atoms in total. The fraction of sp³-hybridized carbons (Fsp3) is 0.222. The molecule has 0 bridgehead atoms. The number of nitrogens with one attached hydrogen (secondary N) is 1. The van der Waals surface area contributed by atoms with E-state index in [0.717, 1.165) is 10.6 Å². The average Bonchev–Trinajstić information content (AvgIpc) is 3.29. The van der Waals surface area contributed by atoms with Crippen LogP contribution in [0, 0.1) is 0 Å². The van der Waals surface area contributed by atoms with Crippen LogP contribution in [-0.4, -0.2) is 52.2 Å². The van der Waals surface area contributed by atoms with Crippen molar-refractivity contribution in [3.63, 3.8) is 0 Å². The second-order valence-electron chi connectivity index (χ2n) is 6.00. The molecule has 1 aromatic carbocycles. The van der Waals surface area contributed by atoms with Gasteiger partial charge in [0.25, 0.3) is 11.8 Å². The van der Waals surface area contributed by atoms with Gasteiger partial charge in [-0.3, -0.25) is 14.3 Å². The topological polar surface area (TPSA) is 89.4 Å². The zero-order valence-corrected chi connectivity index (χ0v) is 16.0. The number of aryl methyl sites for hydroxylation is 1. The SMILES string of the molecule is CN(C)C(=O)COc1cccc(NC(=O)c2csc(-c3cnn(C)c3)n2)c1. The van der Waals surface area contributed by atoms with Gasteiger partial charge in [0.05, 0.1) is 6.20 Å². The fourth-order valence-corrected chi connectivity index (χ4v) is 2.95. The number of anilines is 1. The zero-order valence-electron chi connectivity index (χ0n) is 15.2. The van der Waals surface area contributed by atoms with Gasteiger partial charge < -0.3 is 15.0 Å². The molecule has 0 spiro atoms. The monoisotopic (exact) mass is 385 g/mol. The third-order valence-corrected chi connectivity index (χ3v) is 4.53. The Morgan fingerprint density at radius 2 is 2.15 bits per heavy atom. The number of carbonyl (C=O) groups excluding carboxylic acids is 2. The summed E-state index contributed by atoms with van der Waals surface area (Å²) in [5.74, 6) is 0.0371. The van der Waals surface area contributed by atoms with Crippen molar-refractivity contribution in [2.75, 3.05) is 26.0 Å². The third kappa shape index (κ3) is 4.70. The van der Waals surface area contributed by atoms with Crippen molar-refractivity contribution in [3.8, 4) is 16.3 Å². The van der Waals surface area contributed by atoms with E-state index in [1.54, 1.807) is 54.6 Å². The van der Waals surface area contributed by atoms with Gasteiger partial charge in [-0.2, -0.15) is 5.10 Å². The van der Waals surface area contributed by atoms with Crippen LogP contribution in [0.3, 0.4) is 0 Å². The standard InChI is InChI=1S/C18H19N5O3S/c1-22(2)16(24)10-26-14-6-4-5-13(7-14)20-17(25)15-11-27-18(21-15)12-8-19-23(3)9-12/h4-9,11H,10H2,1-3H3,(H,20,25). The van der Waals surface area contributed by atoms with Crippen molar-refractivity contribution in [2.24, 2.45) is 7.05 Å². The van der Waals surface area contributed by atoms with Gasteiger partial charge in [-0.25, -0.2) is 4.98 Å². The van der Waals surface area contributed by atoms with E-state index in [9.17, 15) is 9.59 Å². The minimum Gasteiger partial charge on any atom is -0.484 e. The zero-order chi connectivity index (χ0) is 19.4. The molecule has 0 aliphatic heterocycles. The van der Waals surface area contributed by atoms with E-state index < -0.39 is 0 Å². The summed E-state index contributed by atoms with van der Waals surface area (Å²) >= 11 is 1.38. The molecule has 0 saturated carbocycles. The van der Waals surface area contributed by atoms with Crippen LogP contribution in [0.2, 0.25) is 0 Å². The number of ether oxygens (including phenoxy) is 1. The first-order valence-corrected chi connectivity index (χ1v) is 8.99. The Labute approximate surface area is 160 Å². The maximum absolute atomic E-state index is 12.4. The number of thiazole rings is 1. The number of likely N-dealkylation sites (N-methyl/N-ethyl adjacent to an activating group) is 1. The summed E-state index contributed by atoms with van der Waals surface area (Å²) in [4.78, 5) is 29.9. The largest absolute Gasteiger partial charge is 0.484 e. The highest BCUT2D eigenvalue weighted by molar-refractivity contribution is 7.13. The lowest BCUT2D eigenvalue weighted by atomic mass is 10.3. The molecule has 0 aliphatic carbocycles.